The molecule has 1 unspecified atom stereocenters. The van der Waals surface area contributed by atoms with E-state index in [0.29, 0.717) is 29.4 Å². The van der Waals surface area contributed by atoms with Crippen LogP contribution in [-0.4, -0.2) is 66.0 Å². The van der Waals surface area contributed by atoms with E-state index >= 15 is 0 Å². The number of carbonyl (C=O) groups is 2. The molecule has 1 atom stereocenters. The number of nitrogens with zero attached hydrogens (tertiary/aromatic N) is 3. The number of hydrogen-bond acceptors (Lipinski definition) is 9. The quantitative estimate of drug-likeness (QED) is 0.340. The summed E-state index contributed by atoms with van der Waals surface area (Å²) in [6.07, 6.45) is 2.48. The largest absolute Gasteiger partial charge is 0.481 e. The first kappa shape index (κ1) is 28.8. The van der Waals surface area contributed by atoms with E-state index in [0.717, 1.165) is 6.07 Å². The molecule has 0 radical (unpaired) electrons. The van der Waals surface area contributed by atoms with Crippen LogP contribution in [0.3, 0.4) is 0 Å². The third-order valence-corrected chi connectivity index (χ3v) is 11.5. The molecule has 2 fully saturated rings. The molecule has 5 rings (SSSR count). The molecule has 3 aliphatic rings. The summed E-state index contributed by atoms with van der Waals surface area (Å²) in [7, 11) is -2.46. The molecule has 1 saturated carbocycles. The molecule has 2 aromatic rings. The molecular weight excluding hydrogens is 634 g/mol. The molecular formula is C25H25BrF2N4O6S2. The van der Waals surface area contributed by atoms with Crippen molar-refractivity contribution >= 4 is 55.1 Å². The van der Waals surface area contributed by atoms with Crippen molar-refractivity contribution in [2.75, 3.05) is 20.2 Å². The highest BCUT2D eigenvalue weighted by Gasteiger charge is 2.46. The van der Waals surface area contributed by atoms with Crippen LogP contribution in [0.5, 0.6) is 0 Å². The Morgan fingerprint density at radius 3 is 2.52 bits per heavy atom. The number of rotatable bonds is 7. The molecule has 10 nitrogen and oxygen atoms in total. The van der Waals surface area contributed by atoms with Gasteiger partial charge in [-0.25, -0.2) is 31.3 Å². The lowest BCUT2D eigenvalue weighted by atomic mass is 9.85. The Balaban J connectivity index is 1.48. The number of aromatic nitrogens is 1. The zero-order chi connectivity index (χ0) is 28.8. The highest BCUT2D eigenvalue weighted by atomic mass is 79.9. The Hall–Kier alpha value is -2.75. The third kappa shape index (κ3) is 5.19. The maximum absolute atomic E-state index is 14.6. The van der Waals surface area contributed by atoms with Gasteiger partial charge in [0.1, 0.15) is 6.04 Å². The number of amidine groups is 1. The van der Waals surface area contributed by atoms with Crippen LogP contribution in [0.25, 0.3) is 0 Å². The zero-order valence-electron chi connectivity index (χ0n) is 21.1. The maximum atomic E-state index is 14.6. The number of carboxylic acid groups (broad SMARTS) is 1. The summed E-state index contributed by atoms with van der Waals surface area (Å²) in [6, 6.07) is 1.25. The normalized spacial score (nSPS) is 24.2. The maximum Gasteiger partial charge on any atom is 0.338 e. The summed E-state index contributed by atoms with van der Waals surface area (Å²) in [5.74, 6) is -4.51. The molecule has 15 heteroatoms. The number of methoxy groups -OCH3 is 1. The summed E-state index contributed by atoms with van der Waals surface area (Å²) >= 11 is 4.42. The minimum Gasteiger partial charge on any atom is -0.481 e. The van der Waals surface area contributed by atoms with Crippen LogP contribution < -0.4 is 5.32 Å². The van der Waals surface area contributed by atoms with Gasteiger partial charge in [0.25, 0.3) is 0 Å². The number of ether oxygens (including phenoxy) is 1. The molecule has 3 heterocycles. The number of nitrogens with one attached hydrogen (secondary N) is 1. The number of halogens is 3. The molecule has 214 valence electrons. The molecule has 0 spiro atoms. The van der Waals surface area contributed by atoms with E-state index in [-0.39, 0.29) is 47.5 Å². The molecule has 0 bridgehead atoms. The second kappa shape index (κ2) is 11.3. The van der Waals surface area contributed by atoms with Gasteiger partial charge in [-0.05, 0) is 53.2 Å². The van der Waals surface area contributed by atoms with E-state index in [1.54, 1.807) is 11.6 Å². The number of esters is 1. The van der Waals surface area contributed by atoms with Crippen LogP contribution in [-0.2, 0) is 24.3 Å². The van der Waals surface area contributed by atoms with E-state index in [2.05, 4.69) is 31.2 Å². The summed E-state index contributed by atoms with van der Waals surface area (Å²) < 4.78 is 61.0. The number of aliphatic imine (C=N–C) groups is 1. The number of thiazole rings is 1. The molecule has 1 saturated heterocycles. The van der Waals surface area contributed by atoms with E-state index in [4.69, 9.17) is 9.84 Å². The van der Waals surface area contributed by atoms with Gasteiger partial charge in [-0.15, -0.1) is 11.3 Å². The molecule has 2 N–H and O–H groups in total. The van der Waals surface area contributed by atoms with Crippen LogP contribution in [0.1, 0.15) is 42.3 Å². The third-order valence-electron chi connectivity index (χ3n) is 7.56. The second-order valence-electron chi connectivity index (χ2n) is 9.77. The first-order valence-corrected chi connectivity index (χ1v) is 15.6. The zero-order valence-corrected chi connectivity index (χ0v) is 24.4. The molecule has 0 amide bonds. The van der Waals surface area contributed by atoms with Crippen molar-refractivity contribution in [3.8, 4) is 0 Å². The fourth-order valence-corrected chi connectivity index (χ4v) is 8.49. The number of carbonyl (C=O) groups excluding carboxylic acids is 1. The Morgan fingerprint density at radius 1 is 1.23 bits per heavy atom. The summed E-state index contributed by atoms with van der Waals surface area (Å²) in [5.41, 5.74) is 0.782. The number of allylic oxidation sites excluding steroid dienone is 1. The lowest BCUT2D eigenvalue weighted by Gasteiger charge is -2.40. The van der Waals surface area contributed by atoms with Crippen LogP contribution in [0, 0.1) is 23.5 Å². The smallest absolute Gasteiger partial charge is 0.338 e. The van der Waals surface area contributed by atoms with Crippen molar-refractivity contribution in [3.63, 3.8) is 0 Å². The first-order valence-electron chi connectivity index (χ1n) is 12.4. The van der Waals surface area contributed by atoms with Gasteiger partial charge in [0.15, 0.2) is 22.5 Å². The van der Waals surface area contributed by atoms with Gasteiger partial charge in [-0.1, -0.05) is 6.07 Å². The second-order valence-corrected chi connectivity index (χ2v) is 13.7. The summed E-state index contributed by atoms with van der Waals surface area (Å²) in [6.45, 7) is 0.342. The molecule has 1 aromatic heterocycles. The van der Waals surface area contributed by atoms with Crippen molar-refractivity contribution in [1.82, 2.24) is 14.6 Å². The molecule has 40 heavy (non-hydrogen) atoms. The molecule has 1 aliphatic carbocycles. The van der Waals surface area contributed by atoms with E-state index < -0.39 is 50.8 Å². The number of benzene rings is 1. The minimum absolute atomic E-state index is 0.0925. The van der Waals surface area contributed by atoms with E-state index in [9.17, 15) is 26.8 Å². The Labute approximate surface area is 241 Å². The van der Waals surface area contributed by atoms with Crippen molar-refractivity contribution in [3.05, 3.63) is 61.7 Å². The Morgan fingerprint density at radius 2 is 1.93 bits per heavy atom. The lowest BCUT2D eigenvalue weighted by Crippen LogP contribution is -2.50. The average molecular weight is 660 g/mol. The monoisotopic (exact) mass is 658 g/mol. The highest BCUT2D eigenvalue weighted by Crippen LogP contribution is 2.42. The number of aliphatic carboxylic acids is 1. The van der Waals surface area contributed by atoms with E-state index in [1.165, 1.54) is 28.8 Å². The Bertz CT molecular complexity index is 1500. The van der Waals surface area contributed by atoms with Gasteiger partial charge in [-0.3, -0.25) is 9.79 Å². The molecule has 1 aromatic carbocycles. The van der Waals surface area contributed by atoms with Gasteiger partial charge in [0.2, 0.25) is 10.0 Å². The minimum atomic E-state index is -3.67. The van der Waals surface area contributed by atoms with Gasteiger partial charge in [-0.2, -0.15) is 0 Å². The summed E-state index contributed by atoms with van der Waals surface area (Å²) in [5, 5.41) is 13.9. The van der Waals surface area contributed by atoms with Crippen LogP contribution in [0.2, 0.25) is 0 Å². The van der Waals surface area contributed by atoms with Gasteiger partial charge in [0.05, 0.1) is 28.3 Å². The van der Waals surface area contributed by atoms with Gasteiger partial charge >= 0.3 is 11.9 Å². The molecule has 2 aliphatic heterocycles. The van der Waals surface area contributed by atoms with Crippen molar-refractivity contribution in [2.45, 2.75) is 37.0 Å². The number of carboxylic acids is 1. The highest BCUT2D eigenvalue weighted by molar-refractivity contribution is 9.10. The fourth-order valence-electron chi connectivity index (χ4n) is 5.27. The summed E-state index contributed by atoms with van der Waals surface area (Å²) in [4.78, 5) is 33.3. The standard InChI is InChI=1S/C25H25BrF2N4O6S2/c1-38-25(35)17-20(12-4-7-32(8-5-12)40(36,37)14-10-13(11-14)24(33)34)30-22(23-29-6-9-39-23)31-21(17)15-2-3-16(27)19(28)18(15)26/h2-3,6,9,12-14,21H,4-5,7-8,10-11H2,1H3,(H,30,31)(H,33,34). The lowest BCUT2D eigenvalue weighted by molar-refractivity contribution is -0.144. The van der Waals surface area contributed by atoms with Gasteiger partial charge < -0.3 is 15.2 Å². The van der Waals surface area contributed by atoms with Crippen molar-refractivity contribution in [1.29, 1.82) is 0 Å². The number of sulfonamides is 1. The van der Waals surface area contributed by atoms with Crippen LogP contribution in [0.15, 0.2) is 44.4 Å². The van der Waals surface area contributed by atoms with Gasteiger partial charge in [0, 0.05) is 36.3 Å². The van der Waals surface area contributed by atoms with Crippen molar-refractivity contribution in [2.24, 2.45) is 16.8 Å². The fraction of sp³-hybridized carbons (Fsp3) is 0.440. The average Bonchev–Trinajstić information content (AvgIpc) is 3.45. The first-order chi connectivity index (χ1) is 19.0. The van der Waals surface area contributed by atoms with E-state index in [1.807, 2.05) is 0 Å². The number of piperidine rings is 1. The predicted molar refractivity (Wildman–Crippen MR) is 145 cm³/mol. The van der Waals surface area contributed by atoms with Crippen molar-refractivity contribution < 1.29 is 36.6 Å². The SMILES string of the molecule is COC(=O)C1=C(C2CCN(S(=O)(=O)C3CC(C(=O)O)C3)CC2)NC(c2nccs2)=NC1c1ccc(F)c(F)c1Br. The van der Waals surface area contributed by atoms with Crippen LogP contribution >= 0.6 is 27.3 Å². The Kier molecular flexibility index (Phi) is 8.10. The predicted octanol–water partition coefficient (Wildman–Crippen LogP) is 3.61. The number of hydrogen-bond donors (Lipinski definition) is 2. The van der Waals surface area contributed by atoms with Crippen LogP contribution in [0.4, 0.5) is 8.78 Å². The topological polar surface area (TPSA) is 138 Å².